The zero-order chi connectivity index (χ0) is 25.1. The molecule has 0 amide bonds. The fourth-order valence-electron chi connectivity index (χ4n) is 3.24. The molecule has 0 aromatic heterocycles. The fraction of sp³-hybridized carbons (Fsp3) is 0.385. The van der Waals surface area contributed by atoms with Crippen molar-refractivity contribution in [1.29, 1.82) is 0 Å². The molecule has 0 aliphatic carbocycles. The monoisotopic (exact) mass is 462 g/mol. The molecular formula is C26H29F3O4. The first kappa shape index (κ1) is 26.2. The number of hydrogen-bond acceptors (Lipinski definition) is 4. The van der Waals surface area contributed by atoms with Gasteiger partial charge in [-0.3, -0.25) is 4.79 Å². The number of alkyl halides is 3. The van der Waals surface area contributed by atoms with Crippen molar-refractivity contribution in [2.45, 2.75) is 66.3 Å². The lowest BCUT2D eigenvalue weighted by Crippen LogP contribution is -2.25. The van der Waals surface area contributed by atoms with Crippen molar-refractivity contribution in [2.75, 3.05) is 0 Å². The first-order chi connectivity index (χ1) is 15.1. The van der Waals surface area contributed by atoms with Gasteiger partial charge in [-0.2, -0.15) is 13.2 Å². The average Bonchev–Trinajstić information content (AvgIpc) is 2.66. The van der Waals surface area contributed by atoms with E-state index in [-0.39, 0.29) is 11.7 Å². The minimum Gasteiger partial charge on any atom is -0.490 e. The maximum atomic E-state index is 12.8. The molecule has 0 aliphatic heterocycles. The Morgan fingerprint density at radius 2 is 1.58 bits per heavy atom. The number of hydrogen-bond donors (Lipinski definition) is 0. The molecule has 0 radical (unpaired) electrons. The molecule has 0 heterocycles. The number of aryl methyl sites for hydroxylation is 1. The molecule has 2 rings (SSSR count). The van der Waals surface area contributed by atoms with Gasteiger partial charge in [0.25, 0.3) is 0 Å². The summed E-state index contributed by atoms with van der Waals surface area (Å²) in [7, 11) is 0. The standard InChI is InChI=1S/C26H29F3O4/c1-15(2)32-23-17(4)22(24(31)33-25(5,6)7)16(3)14-19(23)10-13-21(30)18-8-11-20(12-9-18)26(27,28)29/h8-15H,1-7H3. The Morgan fingerprint density at radius 1 is 1.00 bits per heavy atom. The Kier molecular flexibility index (Phi) is 7.78. The Bertz CT molecular complexity index is 1060. The summed E-state index contributed by atoms with van der Waals surface area (Å²) < 4.78 is 49.7. The predicted octanol–water partition coefficient (Wildman–Crippen LogP) is 6.96. The molecule has 0 aliphatic rings. The van der Waals surface area contributed by atoms with Gasteiger partial charge in [0.15, 0.2) is 5.78 Å². The second-order valence-electron chi connectivity index (χ2n) is 9.05. The summed E-state index contributed by atoms with van der Waals surface area (Å²) in [6, 6.07) is 5.75. The molecule has 2 aromatic rings. The van der Waals surface area contributed by atoms with Crippen LogP contribution >= 0.6 is 0 Å². The van der Waals surface area contributed by atoms with Gasteiger partial charge in [-0.1, -0.05) is 12.1 Å². The number of rotatable bonds is 6. The van der Waals surface area contributed by atoms with Gasteiger partial charge in [0.05, 0.1) is 17.2 Å². The molecule has 178 valence electrons. The van der Waals surface area contributed by atoms with Crippen LogP contribution < -0.4 is 4.74 Å². The quantitative estimate of drug-likeness (QED) is 0.265. The van der Waals surface area contributed by atoms with Crippen LogP contribution in [-0.4, -0.2) is 23.5 Å². The van der Waals surface area contributed by atoms with Gasteiger partial charge in [0, 0.05) is 16.7 Å². The molecule has 0 bridgehead atoms. The maximum Gasteiger partial charge on any atom is 0.416 e. The highest BCUT2D eigenvalue weighted by molar-refractivity contribution is 6.07. The van der Waals surface area contributed by atoms with Gasteiger partial charge in [-0.15, -0.1) is 0 Å². The lowest BCUT2D eigenvalue weighted by molar-refractivity contribution is -0.137. The van der Waals surface area contributed by atoms with Crippen LogP contribution in [0.25, 0.3) is 6.08 Å². The van der Waals surface area contributed by atoms with Crippen LogP contribution in [0.2, 0.25) is 0 Å². The van der Waals surface area contributed by atoms with E-state index < -0.39 is 29.1 Å². The molecule has 0 unspecified atom stereocenters. The van der Waals surface area contributed by atoms with Gasteiger partial charge in [-0.25, -0.2) is 4.79 Å². The number of ketones is 1. The first-order valence-electron chi connectivity index (χ1n) is 10.5. The van der Waals surface area contributed by atoms with Crippen LogP contribution in [-0.2, 0) is 10.9 Å². The SMILES string of the molecule is Cc1cc(C=CC(=O)c2ccc(C(F)(F)F)cc2)c(OC(C)C)c(C)c1C(=O)OC(C)(C)C. The molecule has 0 saturated heterocycles. The summed E-state index contributed by atoms with van der Waals surface area (Å²) >= 11 is 0. The molecular weight excluding hydrogens is 433 g/mol. The van der Waals surface area contributed by atoms with E-state index in [1.54, 1.807) is 40.7 Å². The Hall–Kier alpha value is -3.09. The van der Waals surface area contributed by atoms with Crippen LogP contribution in [0, 0.1) is 13.8 Å². The Labute approximate surface area is 192 Å². The normalized spacial score (nSPS) is 12.3. The van der Waals surface area contributed by atoms with E-state index in [1.807, 2.05) is 13.8 Å². The molecule has 0 N–H and O–H groups in total. The van der Waals surface area contributed by atoms with Crippen molar-refractivity contribution in [1.82, 2.24) is 0 Å². The molecule has 0 spiro atoms. The van der Waals surface area contributed by atoms with Crippen molar-refractivity contribution >= 4 is 17.8 Å². The Balaban J connectivity index is 2.43. The molecule has 2 aromatic carbocycles. The molecule has 0 atom stereocenters. The van der Waals surface area contributed by atoms with Crippen LogP contribution in [0.1, 0.15) is 77.6 Å². The van der Waals surface area contributed by atoms with Crippen LogP contribution in [0.4, 0.5) is 13.2 Å². The molecule has 7 heteroatoms. The van der Waals surface area contributed by atoms with E-state index in [9.17, 15) is 22.8 Å². The molecule has 4 nitrogen and oxygen atoms in total. The van der Waals surface area contributed by atoms with Crippen molar-refractivity contribution in [3.63, 3.8) is 0 Å². The first-order valence-corrected chi connectivity index (χ1v) is 10.5. The van der Waals surface area contributed by atoms with Crippen molar-refractivity contribution < 1.29 is 32.2 Å². The van der Waals surface area contributed by atoms with Crippen molar-refractivity contribution in [3.8, 4) is 5.75 Å². The Morgan fingerprint density at radius 3 is 2.06 bits per heavy atom. The smallest absolute Gasteiger partial charge is 0.416 e. The topological polar surface area (TPSA) is 52.6 Å². The van der Waals surface area contributed by atoms with Crippen LogP contribution in [0.15, 0.2) is 36.4 Å². The zero-order valence-corrected chi connectivity index (χ0v) is 19.9. The lowest BCUT2D eigenvalue weighted by atomic mass is 9.96. The average molecular weight is 463 g/mol. The minimum absolute atomic E-state index is 0.129. The molecule has 0 fully saturated rings. The zero-order valence-electron chi connectivity index (χ0n) is 19.9. The molecule has 33 heavy (non-hydrogen) atoms. The van der Waals surface area contributed by atoms with Gasteiger partial charge in [-0.05, 0) is 84.4 Å². The summed E-state index contributed by atoms with van der Waals surface area (Å²) in [5.41, 5.74) is 0.850. The summed E-state index contributed by atoms with van der Waals surface area (Å²) in [5.74, 6) is -0.485. The second-order valence-corrected chi connectivity index (χ2v) is 9.05. The van der Waals surface area contributed by atoms with Crippen molar-refractivity contribution in [3.05, 3.63) is 69.8 Å². The summed E-state index contributed by atoms with van der Waals surface area (Å²) in [6.07, 6.45) is -1.85. The third-order valence-corrected chi connectivity index (χ3v) is 4.61. The summed E-state index contributed by atoms with van der Waals surface area (Å²) in [6.45, 7) is 12.5. The highest BCUT2D eigenvalue weighted by Crippen LogP contribution is 2.33. The number of carbonyl (C=O) groups excluding carboxylic acids is 2. The van der Waals surface area contributed by atoms with E-state index in [4.69, 9.17) is 9.47 Å². The van der Waals surface area contributed by atoms with E-state index in [1.165, 1.54) is 12.2 Å². The van der Waals surface area contributed by atoms with E-state index in [0.717, 1.165) is 24.3 Å². The number of esters is 1. The van der Waals surface area contributed by atoms with Crippen LogP contribution in [0.3, 0.4) is 0 Å². The van der Waals surface area contributed by atoms with Gasteiger partial charge >= 0.3 is 12.1 Å². The summed E-state index contributed by atoms with van der Waals surface area (Å²) in [5, 5.41) is 0. The maximum absolute atomic E-state index is 12.8. The summed E-state index contributed by atoms with van der Waals surface area (Å²) in [4.78, 5) is 25.3. The number of benzene rings is 2. The third kappa shape index (κ3) is 6.94. The number of halogens is 3. The molecule has 0 saturated carbocycles. The predicted molar refractivity (Wildman–Crippen MR) is 122 cm³/mol. The van der Waals surface area contributed by atoms with Gasteiger partial charge in [0.1, 0.15) is 11.4 Å². The van der Waals surface area contributed by atoms with Gasteiger partial charge in [0.2, 0.25) is 0 Å². The van der Waals surface area contributed by atoms with Crippen molar-refractivity contribution in [2.24, 2.45) is 0 Å². The fourth-order valence-corrected chi connectivity index (χ4v) is 3.24. The highest BCUT2D eigenvalue weighted by Gasteiger charge is 2.30. The number of carbonyl (C=O) groups is 2. The van der Waals surface area contributed by atoms with E-state index in [0.29, 0.717) is 28.0 Å². The number of allylic oxidation sites excluding steroid dienone is 1. The lowest BCUT2D eigenvalue weighted by Gasteiger charge is -2.23. The highest BCUT2D eigenvalue weighted by atomic mass is 19.4. The minimum atomic E-state index is -4.47. The van der Waals surface area contributed by atoms with E-state index in [2.05, 4.69) is 0 Å². The van der Waals surface area contributed by atoms with E-state index >= 15 is 0 Å². The van der Waals surface area contributed by atoms with Crippen LogP contribution in [0.5, 0.6) is 5.75 Å². The second kappa shape index (κ2) is 9.81. The number of ether oxygens (including phenoxy) is 2. The third-order valence-electron chi connectivity index (χ3n) is 4.61. The largest absolute Gasteiger partial charge is 0.490 e. The van der Waals surface area contributed by atoms with Gasteiger partial charge < -0.3 is 9.47 Å².